The maximum Gasteiger partial charge on any atom is 0.438 e. The number of hydrogen-bond acceptors (Lipinski definition) is 6. The van der Waals surface area contributed by atoms with Crippen LogP contribution >= 0.6 is 0 Å². The normalized spacial score (nSPS) is 25.2. The molecule has 3 aromatic rings. The number of carboxylic acid groups (broad SMARTS) is 1. The van der Waals surface area contributed by atoms with Gasteiger partial charge >= 0.3 is 11.7 Å². The minimum absolute atomic E-state index is 0.0823. The first kappa shape index (κ1) is 17.2. The molecule has 3 aromatic heterocycles. The van der Waals surface area contributed by atoms with Crippen molar-refractivity contribution in [1.82, 2.24) is 19.7 Å². The van der Waals surface area contributed by atoms with Gasteiger partial charge in [-0.2, -0.15) is 0 Å². The quantitative estimate of drug-likeness (QED) is 0.706. The number of ether oxygens (including phenoxy) is 1. The van der Waals surface area contributed by atoms with Crippen LogP contribution in [0.25, 0.3) is 11.0 Å². The first-order valence-electron chi connectivity index (χ1n) is 9.40. The predicted octanol–water partition coefficient (Wildman–Crippen LogP) is 2.09. The van der Waals surface area contributed by atoms with Gasteiger partial charge in [0.15, 0.2) is 5.82 Å². The molecule has 1 saturated heterocycles. The molecule has 146 valence electrons. The van der Waals surface area contributed by atoms with Crippen molar-refractivity contribution in [3.63, 3.8) is 0 Å². The van der Waals surface area contributed by atoms with Crippen LogP contribution in [0.3, 0.4) is 0 Å². The Morgan fingerprint density at radius 3 is 2.71 bits per heavy atom. The maximum absolute atomic E-state index is 12.0. The number of aromatic nitrogens is 4. The maximum atomic E-state index is 12.0. The molecule has 9 nitrogen and oxygen atoms in total. The number of carboxylic acids is 1. The fourth-order valence-electron chi connectivity index (χ4n) is 4.50. The van der Waals surface area contributed by atoms with Gasteiger partial charge in [-0.3, -0.25) is 9.51 Å². The second-order valence-electron chi connectivity index (χ2n) is 7.71. The zero-order chi connectivity index (χ0) is 19.5. The second-order valence-corrected chi connectivity index (χ2v) is 7.71. The average molecular weight is 384 g/mol. The molecule has 2 N–H and O–H groups in total. The van der Waals surface area contributed by atoms with Crippen LogP contribution in [-0.4, -0.2) is 44.0 Å². The van der Waals surface area contributed by atoms with Gasteiger partial charge < -0.3 is 14.4 Å². The Morgan fingerprint density at radius 2 is 2.11 bits per heavy atom. The van der Waals surface area contributed by atoms with Gasteiger partial charge in [-0.05, 0) is 48.8 Å². The van der Waals surface area contributed by atoms with E-state index in [2.05, 4.69) is 15.1 Å². The van der Waals surface area contributed by atoms with Gasteiger partial charge in [0.2, 0.25) is 0 Å². The summed E-state index contributed by atoms with van der Waals surface area (Å²) in [5.41, 5.74) is 1.02. The zero-order valence-corrected chi connectivity index (χ0v) is 15.3. The van der Waals surface area contributed by atoms with Crippen molar-refractivity contribution in [1.29, 1.82) is 0 Å². The number of aromatic carboxylic acids is 1. The largest absolute Gasteiger partial charge is 0.477 e. The third-order valence-electron chi connectivity index (χ3n) is 6.09. The molecular formula is C19H20N4O5. The van der Waals surface area contributed by atoms with E-state index in [1.165, 1.54) is 0 Å². The summed E-state index contributed by atoms with van der Waals surface area (Å²) >= 11 is 0. The molecular weight excluding hydrogens is 364 g/mol. The van der Waals surface area contributed by atoms with Crippen molar-refractivity contribution < 1.29 is 19.2 Å². The van der Waals surface area contributed by atoms with Crippen molar-refractivity contribution in [3.8, 4) is 0 Å². The van der Waals surface area contributed by atoms with Gasteiger partial charge in [-0.15, -0.1) is 0 Å². The Morgan fingerprint density at radius 1 is 1.36 bits per heavy atom. The minimum atomic E-state index is -1.05. The highest BCUT2D eigenvalue weighted by molar-refractivity contribution is 5.94. The molecule has 1 aliphatic carbocycles. The zero-order valence-electron chi connectivity index (χ0n) is 15.3. The van der Waals surface area contributed by atoms with Crippen molar-refractivity contribution in [2.24, 2.45) is 5.92 Å². The number of rotatable bonds is 4. The molecule has 9 heteroatoms. The van der Waals surface area contributed by atoms with E-state index in [9.17, 15) is 14.7 Å². The Labute approximate surface area is 159 Å². The van der Waals surface area contributed by atoms with Gasteiger partial charge in [0.25, 0.3) is 0 Å². The van der Waals surface area contributed by atoms with E-state index in [0.29, 0.717) is 23.8 Å². The van der Waals surface area contributed by atoms with Crippen LogP contribution in [0.2, 0.25) is 0 Å². The number of nitrogens with one attached hydrogen (secondary N) is 1. The van der Waals surface area contributed by atoms with E-state index < -0.39 is 17.3 Å². The van der Waals surface area contributed by atoms with E-state index in [-0.39, 0.29) is 11.6 Å². The summed E-state index contributed by atoms with van der Waals surface area (Å²) in [4.78, 5) is 30.8. The molecule has 0 radical (unpaired) electrons. The van der Waals surface area contributed by atoms with Crippen molar-refractivity contribution in [2.45, 2.75) is 37.6 Å². The van der Waals surface area contributed by atoms with E-state index in [1.807, 2.05) is 19.2 Å². The van der Waals surface area contributed by atoms with Gasteiger partial charge in [0.05, 0.1) is 0 Å². The molecule has 2 fully saturated rings. The average Bonchev–Trinajstić information content (AvgIpc) is 3.05. The van der Waals surface area contributed by atoms with Gasteiger partial charge in [-0.1, -0.05) is 12.1 Å². The summed E-state index contributed by atoms with van der Waals surface area (Å²) in [6.45, 7) is 3.44. The van der Waals surface area contributed by atoms with Crippen LogP contribution in [0.4, 0.5) is 0 Å². The van der Waals surface area contributed by atoms with Crippen LogP contribution in [-0.2, 0) is 10.3 Å². The highest BCUT2D eigenvalue weighted by atomic mass is 16.5. The van der Waals surface area contributed by atoms with Gasteiger partial charge in [-0.25, -0.2) is 14.6 Å². The number of hydrogen-bond donors (Lipinski definition) is 2. The Hall–Kier alpha value is -2.94. The number of nitrogens with zero attached hydrogens (tertiary/aromatic N) is 3. The smallest absolute Gasteiger partial charge is 0.438 e. The molecule has 2 atom stereocenters. The lowest BCUT2D eigenvalue weighted by atomic mass is 9.92. The topological polar surface area (TPSA) is 123 Å². The molecule has 0 bridgehead atoms. The molecule has 0 unspecified atom stereocenters. The molecule has 1 aliphatic heterocycles. The number of H-pyrrole nitrogens is 1. The molecule has 0 amide bonds. The summed E-state index contributed by atoms with van der Waals surface area (Å²) in [5.74, 6) is -0.922. The highest BCUT2D eigenvalue weighted by Gasteiger charge is 2.59. The molecule has 4 heterocycles. The first-order valence-corrected chi connectivity index (χ1v) is 9.40. The first-order chi connectivity index (χ1) is 13.5. The van der Waals surface area contributed by atoms with Crippen molar-refractivity contribution in [2.75, 3.05) is 13.2 Å². The summed E-state index contributed by atoms with van der Waals surface area (Å²) in [6, 6.07) is 3.67. The third-order valence-corrected chi connectivity index (χ3v) is 6.09. The third kappa shape index (κ3) is 2.42. The summed E-state index contributed by atoms with van der Waals surface area (Å²) < 4.78 is 11.8. The standard InChI is InChI=1S/C19H20N4O5/c1-10-8-19(10,17-21-18(26)28-22-17)23-14(16(24)25)7-12-6-13(9-20-15(12)23)11-2-4-27-5-3-11/h6-7,9-11H,2-5,8H2,1H3,(H,24,25)(H,21,22,26)/t10-,19-/m0/s1. The van der Waals surface area contributed by atoms with Gasteiger partial charge in [0, 0.05) is 24.8 Å². The number of pyridine rings is 1. The Bertz CT molecular complexity index is 1120. The van der Waals surface area contributed by atoms with E-state index >= 15 is 0 Å². The summed E-state index contributed by atoms with van der Waals surface area (Å²) in [7, 11) is 0. The second kappa shape index (κ2) is 6.03. The van der Waals surface area contributed by atoms with Crippen LogP contribution in [0.15, 0.2) is 27.6 Å². The number of fused-ring (bicyclic) bond motifs is 1. The fourth-order valence-corrected chi connectivity index (χ4v) is 4.50. The highest BCUT2D eigenvalue weighted by Crippen LogP contribution is 2.55. The molecule has 0 spiro atoms. The lowest BCUT2D eigenvalue weighted by Gasteiger charge is -2.22. The lowest BCUT2D eigenvalue weighted by Crippen LogP contribution is -2.27. The lowest BCUT2D eigenvalue weighted by molar-refractivity contribution is 0.0682. The van der Waals surface area contributed by atoms with Crippen LogP contribution in [0.1, 0.15) is 54.0 Å². The van der Waals surface area contributed by atoms with Crippen LogP contribution in [0.5, 0.6) is 0 Å². The molecule has 1 saturated carbocycles. The molecule has 28 heavy (non-hydrogen) atoms. The van der Waals surface area contributed by atoms with E-state index in [1.54, 1.807) is 10.6 Å². The van der Waals surface area contributed by atoms with E-state index in [4.69, 9.17) is 9.26 Å². The summed E-state index contributed by atoms with van der Waals surface area (Å²) in [6.07, 6.45) is 4.33. The fraction of sp³-hybridized carbons (Fsp3) is 0.474. The number of carbonyl (C=O) groups is 1. The molecule has 0 aromatic carbocycles. The van der Waals surface area contributed by atoms with Gasteiger partial charge in [0.1, 0.15) is 16.9 Å². The number of aromatic amines is 1. The van der Waals surface area contributed by atoms with Crippen molar-refractivity contribution in [3.05, 3.63) is 46.0 Å². The SMILES string of the molecule is C[C@H]1C[C@]1(c1noc(=O)[nH]1)n1c(C(=O)O)cc2cc(C3CCOCC3)cnc21. The van der Waals surface area contributed by atoms with Crippen molar-refractivity contribution >= 4 is 17.0 Å². The molecule has 2 aliphatic rings. The van der Waals surface area contributed by atoms with Crippen LogP contribution in [0, 0.1) is 5.92 Å². The Balaban J connectivity index is 1.68. The predicted molar refractivity (Wildman–Crippen MR) is 97.5 cm³/mol. The monoisotopic (exact) mass is 384 g/mol. The minimum Gasteiger partial charge on any atom is -0.477 e. The van der Waals surface area contributed by atoms with E-state index in [0.717, 1.165) is 37.0 Å². The Kier molecular flexibility index (Phi) is 3.70. The molecule has 5 rings (SSSR count). The van der Waals surface area contributed by atoms with Crippen LogP contribution < -0.4 is 5.76 Å². The summed E-state index contributed by atoms with van der Waals surface area (Å²) in [5, 5.41) is 14.5.